The number of β-amino-alcohol motifs (C(OH)–C–C–N with tert-alkyl or cyclic N) is 1. The van der Waals surface area contributed by atoms with E-state index in [4.69, 9.17) is 0 Å². The molecule has 0 aromatic rings. The summed E-state index contributed by atoms with van der Waals surface area (Å²) in [6.07, 6.45) is 0.518. The highest BCUT2D eigenvalue weighted by molar-refractivity contribution is 5.96. The Morgan fingerprint density at radius 3 is 2.88 bits per heavy atom. The Balaban J connectivity index is 1.84. The lowest BCUT2D eigenvalue weighted by Crippen LogP contribution is -2.48. The number of hydrogen-bond donors (Lipinski definition) is 2. The molecule has 2 aliphatic heterocycles. The van der Waals surface area contributed by atoms with Crippen molar-refractivity contribution >= 4 is 11.9 Å². The molecule has 2 fully saturated rings. The van der Waals surface area contributed by atoms with Crippen molar-refractivity contribution in [2.45, 2.75) is 19.4 Å². The largest absolute Gasteiger partial charge is 0.392 e. The first-order chi connectivity index (χ1) is 8.08. The van der Waals surface area contributed by atoms with Crippen molar-refractivity contribution in [3.05, 3.63) is 0 Å². The van der Waals surface area contributed by atoms with E-state index in [1.54, 1.807) is 0 Å². The van der Waals surface area contributed by atoms with Crippen LogP contribution in [0, 0.1) is 5.92 Å². The van der Waals surface area contributed by atoms with Gasteiger partial charge in [0.1, 0.15) is 0 Å². The van der Waals surface area contributed by atoms with E-state index in [0.717, 1.165) is 13.0 Å². The second-order valence-corrected chi connectivity index (χ2v) is 4.85. The van der Waals surface area contributed by atoms with Gasteiger partial charge in [-0.15, -0.1) is 0 Å². The predicted octanol–water partition coefficient (Wildman–Crippen LogP) is -0.759. The van der Waals surface area contributed by atoms with Crippen molar-refractivity contribution in [2.75, 3.05) is 32.7 Å². The lowest BCUT2D eigenvalue weighted by atomic mass is 9.96. The van der Waals surface area contributed by atoms with Crippen LogP contribution in [0.1, 0.15) is 13.3 Å². The lowest BCUT2D eigenvalue weighted by molar-refractivity contribution is -0.129. The Morgan fingerprint density at radius 2 is 2.29 bits per heavy atom. The molecule has 0 saturated carbocycles. The number of piperidine rings is 1. The predicted molar refractivity (Wildman–Crippen MR) is 61.3 cm³/mol. The third kappa shape index (κ3) is 2.76. The van der Waals surface area contributed by atoms with Crippen molar-refractivity contribution in [3.63, 3.8) is 0 Å². The fourth-order valence-corrected chi connectivity index (χ4v) is 2.24. The highest BCUT2D eigenvalue weighted by Gasteiger charge is 2.30. The molecule has 17 heavy (non-hydrogen) atoms. The Bertz CT molecular complexity index is 321. The molecule has 2 rings (SSSR count). The molecule has 3 amide bonds. The molecule has 0 spiro atoms. The first-order valence-electron chi connectivity index (χ1n) is 6.06. The zero-order chi connectivity index (χ0) is 12.4. The number of imide groups is 1. The third-order valence-electron chi connectivity index (χ3n) is 3.52. The number of hydrogen-bond acceptors (Lipinski definition) is 4. The van der Waals surface area contributed by atoms with E-state index in [9.17, 15) is 14.7 Å². The van der Waals surface area contributed by atoms with Crippen molar-refractivity contribution in [2.24, 2.45) is 5.92 Å². The minimum atomic E-state index is -0.371. The van der Waals surface area contributed by atoms with Gasteiger partial charge in [-0.05, 0) is 18.9 Å². The summed E-state index contributed by atoms with van der Waals surface area (Å²) in [5.41, 5.74) is 0. The lowest BCUT2D eigenvalue weighted by Gasteiger charge is -2.34. The zero-order valence-electron chi connectivity index (χ0n) is 10.1. The normalized spacial score (nSPS) is 30.5. The van der Waals surface area contributed by atoms with Gasteiger partial charge in [-0.3, -0.25) is 14.6 Å². The first kappa shape index (κ1) is 12.3. The van der Waals surface area contributed by atoms with Crippen molar-refractivity contribution < 1.29 is 14.7 Å². The maximum Gasteiger partial charge on any atom is 0.324 e. The van der Waals surface area contributed by atoms with Gasteiger partial charge >= 0.3 is 6.03 Å². The summed E-state index contributed by atoms with van der Waals surface area (Å²) in [6.45, 7) is 4.53. The number of aliphatic hydroxyl groups excluding tert-OH is 1. The molecule has 0 aliphatic carbocycles. The molecule has 0 bridgehead atoms. The van der Waals surface area contributed by atoms with Gasteiger partial charge in [0.25, 0.3) is 0 Å². The van der Waals surface area contributed by atoms with Gasteiger partial charge in [0.15, 0.2) is 0 Å². The van der Waals surface area contributed by atoms with E-state index in [1.807, 2.05) is 11.8 Å². The van der Waals surface area contributed by atoms with Crippen LogP contribution in [0.15, 0.2) is 0 Å². The van der Waals surface area contributed by atoms with Crippen LogP contribution in [0.2, 0.25) is 0 Å². The second-order valence-electron chi connectivity index (χ2n) is 4.85. The molecule has 2 unspecified atom stereocenters. The molecule has 2 saturated heterocycles. The molecule has 0 aromatic carbocycles. The van der Waals surface area contributed by atoms with E-state index in [0.29, 0.717) is 19.6 Å². The number of carbonyl (C=O) groups is 2. The summed E-state index contributed by atoms with van der Waals surface area (Å²) in [4.78, 5) is 26.3. The number of carbonyl (C=O) groups excluding carboxylic acids is 2. The molecule has 0 aromatic heterocycles. The molecule has 6 nitrogen and oxygen atoms in total. The van der Waals surface area contributed by atoms with Crippen LogP contribution in [-0.2, 0) is 4.79 Å². The Labute approximate surface area is 101 Å². The topological polar surface area (TPSA) is 72.9 Å². The van der Waals surface area contributed by atoms with E-state index in [1.165, 1.54) is 4.90 Å². The van der Waals surface area contributed by atoms with E-state index >= 15 is 0 Å². The first-order valence-corrected chi connectivity index (χ1v) is 6.06. The summed E-state index contributed by atoms with van der Waals surface area (Å²) in [5.74, 6) is 0.109. The third-order valence-corrected chi connectivity index (χ3v) is 3.52. The molecular weight excluding hydrogens is 222 g/mol. The standard InChI is InChI=1S/C11H19N3O3/c1-8-2-4-13(6-9(8)15)7-10(16)14-5-3-12-11(14)17/h8-9,15H,2-7H2,1H3,(H,12,17). The fourth-order valence-electron chi connectivity index (χ4n) is 2.24. The number of nitrogens with zero attached hydrogens (tertiary/aromatic N) is 2. The van der Waals surface area contributed by atoms with Gasteiger partial charge in [0, 0.05) is 19.6 Å². The van der Waals surface area contributed by atoms with Crippen LogP contribution in [-0.4, -0.2) is 65.7 Å². The molecule has 6 heteroatoms. The quantitative estimate of drug-likeness (QED) is 0.666. The van der Waals surface area contributed by atoms with Crippen molar-refractivity contribution in [3.8, 4) is 0 Å². The van der Waals surface area contributed by atoms with Gasteiger partial charge < -0.3 is 10.4 Å². The number of aliphatic hydroxyl groups is 1. The molecular formula is C11H19N3O3. The minimum absolute atomic E-state index is 0.179. The number of rotatable bonds is 2. The van der Waals surface area contributed by atoms with Crippen LogP contribution in [0.4, 0.5) is 4.79 Å². The van der Waals surface area contributed by atoms with Crippen molar-refractivity contribution in [1.29, 1.82) is 0 Å². The van der Waals surface area contributed by atoms with E-state index in [-0.39, 0.29) is 30.5 Å². The Morgan fingerprint density at radius 1 is 1.53 bits per heavy atom. The maximum absolute atomic E-state index is 11.9. The Kier molecular flexibility index (Phi) is 3.63. The van der Waals surface area contributed by atoms with Crippen LogP contribution >= 0.6 is 0 Å². The van der Waals surface area contributed by atoms with Crippen LogP contribution < -0.4 is 5.32 Å². The van der Waals surface area contributed by atoms with Gasteiger partial charge in [0.05, 0.1) is 12.6 Å². The summed E-state index contributed by atoms with van der Waals surface area (Å²) in [6, 6.07) is -0.305. The molecule has 2 atom stereocenters. The maximum atomic E-state index is 11.9. The van der Waals surface area contributed by atoms with Gasteiger partial charge in [-0.1, -0.05) is 6.92 Å². The minimum Gasteiger partial charge on any atom is -0.392 e. The van der Waals surface area contributed by atoms with Gasteiger partial charge in [-0.2, -0.15) is 0 Å². The SMILES string of the molecule is CC1CCN(CC(=O)N2CCNC2=O)CC1O. The highest BCUT2D eigenvalue weighted by Crippen LogP contribution is 2.16. The Hall–Kier alpha value is -1.14. The van der Waals surface area contributed by atoms with Crippen LogP contribution in [0.3, 0.4) is 0 Å². The summed E-state index contributed by atoms with van der Waals surface area (Å²) >= 11 is 0. The van der Waals surface area contributed by atoms with Crippen LogP contribution in [0.5, 0.6) is 0 Å². The van der Waals surface area contributed by atoms with E-state index < -0.39 is 0 Å². The zero-order valence-corrected chi connectivity index (χ0v) is 10.1. The monoisotopic (exact) mass is 241 g/mol. The average Bonchev–Trinajstić information content (AvgIpc) is 2.70. The van der Waals surface area contributed by atoms with E-state index in [2.05, 4.69) is 5.32 Å². The molecule has 2 heterocycles. The fraction of sp³-hybridized carbons (Fsp3) is 0.818. The van der Waals surface area contributed by atoms with Gasteiger partial charge in [0.2, 0.25) is 5.91 Å². The summed E-state index contributed by atoms with van der Waals surface area (Å²) in [5, 5.41) is 12.3. The number of likely N-dealkylation sites (tertiary alicyclic amines) is 1. The van der Waals surface area contributed by atoms with Crippen LogP contribution in [0.25, 0.3) is 0 Å². The molecule has 2 N–H and O–H groups in total. The second kappa shape index (κ2) is 5.01. The summed E-state index contributed by atoms with van der Waals surface area (Å²) in [7, 11) is 0. The average molecular weight is 241 g/mol. The van der Waals surface area contributed by atoms with Gasteiger partial charge in [-0.25, -0.2) is 4.79 Å². The summed E-state index contributed by atoms with van der Waals surface area (Å²) < 4.78 is 0. The smallest absolute Gasteiger partial charge is 0.324 e. The molecule has 96 valence electrons. The number of urea groups is 1. The molecule has 0 radical (unpaired) electrons. The molecule has 2 aliphatic rings. The van der Waals surface area contributed by atoms with Crippen molar-refractivity contribution in [1.82, 2.24) is 15.1 Å². The number of amides is 3. The highest BCUT2D eigenvalue weighted by atomic mass is 16.3. The number of nitrogens with one attached hydrogen (secondary N) is 1.